The Kier molecular flexibility index (Phi) is 12.8. The lowest BCUT2D eigenvalue weighted by Crippen LogP contribution is -2.42. The molecule has 0 saturated heterocycles. The molecule has 0 saturated carbocycles. The molecule has 276 valence electrons. The smallest absolute Gasteiger partial charge is 0.407 e. The number of aliphatic carboxylic acids is 1. The number of ether oxygens (including phenoxy) is 1. The van der Waals surface area contributed by atoms with Crippen molar-refractivity contribution >= 4 is 35.6 Å². The summed E-state index contributed by atoms with van der Waals surface area (Å²) >= 11 is 1.75. The van der Waals surface area contributed by atoms with Crippen LogP contribution in [0.2, 0.25) is 0 Å². The lowest BCUT2D eigenvalue weighted by atomic mass is 9.84. The molecule has 0 bridgehead atoms. The molecule has 0 fully saturated rings. The fourth-order valence-corrected chi connectivity index (χ4v) is 8.39. The minimum Gasteiger partial charge on any atom is -0.480 e. The number of benzene rings is 5. The van der Waals surface area contributed by atoms with Crippen LogP contribution in [-0.2, 0) is 23.9 Å². The number of carboxylic acid groups (broad SMARTS) is 1. The number of carbonyl (C=O) groups is 4. The zero-order valence-corrected chi connectivity index (χ0v) is 30.6. The summed E-state index contributed by atoms with van der Waals surface area (Å²) in [4.78, 5) is 49.9. The Morgan fingerprint density at radius 3 is 1.61 bits per heavy atom. The fourth-order valence-electron chi connectivity index (χ4n) is 6.97. The van der Waals surface area contributed by atoms with E-state index >= 15 is 0 Å². The molecule has 5 aromatic carbocycles. The van der Waals surface area contributed by atoms with Gasteiger partial charge in [-0.15, -0.1) is 11.8 Å². The van der Waals surface area contributed by atoms with E-state index in [0.717, 1.165) is 38.9 Å². The first-order valence-electron chi connectivity index (χ1n) is 18.0. The molecule has 10 heteroatoms. The molecule has 5 aromatic rings. The van der Waals surface area contributed by atoms with Gasteiger partial charge < -0.3 is 25.8 Å². The predicted octanol–water partition coefficient (Wildman–Crippen LogP) is 7.11. The number of carboxylic acids is 1. The number of nitrogens with one attached hydrogen (secondary N) is 3. The monoisotopic (exact) mass is 741 g/mol. The van der Waals surface area contributed by atoms with Crippen LogP contribution in [0.3, 0.4) is 0 Å². The van der Waals surface area contributed by atoms with Crippen molar-refractivity contribution in [1.82, 2.24) is 16.0 Å². The van der Waals surface area contributed by atoms with Gasteiger partial charge in [-0.25, -0.2) is 9.59 Å². The SMILES string of the molecule is O=C(CCNC(=O)CCC(NC(=O)OCC1c2ccccc2-c2ccccc21)C(=O)O)NCCSC(c1ccccc1)(c1ccccc1)c1ccccc1. The first-order chi connectivity index (χ1) is 26.4. The molecule has 0 aliphatic heterocycles. The van der Waals surface area contributed by atoms with Crippen LogP contribution >= 0.6 is 11.8 Å². The Hall–Kier alpha value is -5.87. The third kappa shape index (κ3) is 9.01. The third-order valence-electron chi connectivity index (χ3n) is 9.55. The van der Waals surface area contributed by atoms with E-state index in [1.807, 2.05) is 103 Å². The van der Waals surface area contributed by atoms with Crippen LogP contribution in [0, 0.1) is 0 Å². The van der Waals surface area contributed by atoms with Gasteiger partial charge in [-0.2, -0.15) is 0 Å². The number of alkyl carbamates (subject to hydrolysis) is 1. The maximum atomic E-state index is 12.7. The van der Waals surface area contributed by atoms with Gasteiger partial charge in [-0.05, 0) is 45.4 Å². The van der Waals surface area contributed by atoms with Crippen LogP contribution in [0.4, 0.5) is 4.79 Å². The van der Waals surface area contributed by atoms with Gasteiger partial charge in [0.1, 0.15) is 12.6 Å². The maximum Gasteiger partial charge on any atom is 0.407 e. The molecule has 1 aliphatic rings. The summed E-state index contributed by atoms with van der Waals surface area (Å²) in [5.41, 5.74) is 7.67. The molecule has 9 nitrogen and oxygen atoms in total. The molecule has 1 unspecified atom stereocenters. The van der Waals surface area contributed by atoms with Crippen molar-refractivity contribution in [2.45, 2.75) is 36.0 Å². The van der Waals surface area contributed by atoms with Crippen molar-refractivity contribution in [3.8, 4) is 11.1 Å². The van der Waals surface area contributed by atoms with E-state index in [4.69, 9.17) is 4.74 Å². The molecule has 4 N–H and O–H groups in total. The number of amides is 3. The van der Waals surface area contributed by atoms with Crippen LogP contribution in [0.15, 0.2) is 140 Å². The van der Waals surface area contributed by atoms with Gasteiger partial charge in [-0.3, -0.25) is 9.59 Å². The minimum absolute atomic E-state index is 0.0430. The Bertz CT molecular complexity index is 1900. The number of carbonyl (C=O) groups excluding carboxylic acids is 3. The van der Waals surface area contributed by atoms with Gasteiger partial charge >= 0.3 is 12.1 Å². The molecule has 6 rings (SSSR count). The van der Waals surface area contributed by atoms with Gasteiger partial charge in [0.25, 0.3) is 0 Å². The molecule has 3 amide bonds. The van der Waals surface area contributed by atoms with E-state index in [9.17, 15) is 24.3 Å². The maximum absolute atomic E-state index is 12.7. The molecule has 0 heterocycles. The quantitative estimate of drug-likeness (QED) is 0.0590. The van der Waals surface area contributed by atoms with Gasteiger partial charge in [-0.1, -0.05) is 140 Å². The number of rotatable bonds is 17. The van der Waals surface area contributed by atoms with Gasteiger partial charge in [0.15, 0.2) is 0 Å². The van der Waals surface area contributed by atoms with Crippen LogP contribution in [0.5, 0.6) is 0 Å². The number of hydrogen-bond acceptors (Lipinski definition) is 6. The Morgan fingerprint density at radius 1 is 0.630 bits per heavy atom. The largest absolute Gasteiger partial charge is 0.480 e. The lowest BCUT2D eigenvalue weighted by Gasteiger charge is -2.35. The second-order valence-corrected chi connectivity index (χ2v) is 14.3. The normalized spacial score (nSPS) is 12.5. The summed E-state index contributed by atoms with van der Waals surface area (Å²) in [5.74, 6) is -1.44. The van der Waals surface area contributed by atoms with E-state index < -0.39 is 28.8 Å². The van der Waals surface area contributed by atoms with Crippen molar-refractivity contribution in [2.75, 3.05) is 25.4 Å². The Morgan fingerprint density at radius 2 is 1.09 bits per heavy atom. The van der Waals surface area contributed by atoms with E-state index in [2.05, 4.69) is 52.3 Å². The average Bonchev–Trinajstić information content (AvgIpc) is 3.53. The minimum atomic E-state index is -1.32. The molecule has 54 heavy (non-hydrogen) atoms. The zero-order valence-electron chi connectivity index (χ0n) is 29.8. The fraction of sp³-hybridized carbons (Fsp3) is 0.227. The van der Waals surface area contributed by atoms with Crippen molar-refractivity contribution in [3.05, 3.63) is 167 Å². The molecule has 1 atom stereocenters. The summed E-state index contributed by atoms with van der Waals surface area (Å²) < 4.78 is 4.99. The molecule has 0 spiro atoms. The summed E-state index contributed by atoms with van der Waals surface area (Å²) in [6, 6.07) is 45.5. The van der Waals surface area contributed by atoms with E-state index in [-0.39, 0.29) is 44.2 Å². The highest BCUT2D eigenvalue weighted by atomic mass is 32.2. The standard InChI is InChI=1S/C44H43N3O6S/c48-40(25-24-39(42(50)51)47-43(52)53-30-38-36-22-12-10-20-34(36)35-21-11-13-23-37(35)38)45-27-26-41(49)46-28-29-54-44(31-14-4-1-5-15-31,32-16-6-2-7-17-32)33-18-8-3-9-19-33/h1-23,38-39H,24-30H2,(H,45,48)(H,46,49)(H,47,52)(H,50,51). The van der Waals surface area contributed by atoms with Gasteiger partial charge in [0.05, 0.1) is 4.75 Å². The van der Waals surface area contributed by atoms with Crippen molar-refractivity contribution in [2.24, 2.45) is 0 Å². The van der Waals surface area contributed by atoms with Crippen LogP contribution < -0.4 is 16.0 Å². The van der Waals surface area contributed by atoms with E-state index in [0.29, 0.717) is 12.3 Å². The average molecular weight is 742 g/mol. The summed E-state index contributed by atoms with van der Waals surface area (Å²) in [6.45, 7) is 0.562. The highest BCUT2D eigenvalue weighted by Crippen LogP contribution is 2.48. The van der Waals surface area contributed by atoms with Crippen molar-refractivity contribution < 1.29 is 29.0 Å². The third-order valence-corrected chi connectivity index (χ3v) is 11.1. The number of fused-ring (bicyclic) bond motifs is 3. The molecule has 1 aliphatic carbocycles. The van der Waals surface area contributed by atoms with E-state index in [1.165, 1.54) is 0 Å². The van der Waals surface area contributed by atoms with Crippen molar-refractivity contribution in [3.63, 3.8) is 0 Å². The molecule has 0 radical (unpaired) electrons. The topological polar surface area (TPSA) is 134 Å². The Labute approximate surface area is 319 Å². The van der Waals surface area contributed by atoms with Crippen molar-refractivity contribution in [1.29, 1.82) is 0 Å². The van der Waals surface area contributed by atoms with Gasteiger partial charge in [0.2, 0.25) is 11.8 Å². The van der Waals surface area contributed by atoms with Crippen LogP contribution in [0.25, 0.3) is 11.1 Å². The summed E-state index contributed by atoms with van der Waals surface area (Å²) in [6.07, 6.45) is -1.09. The predicted molar refractivity (Wildman–Crippen MR) is 211 cm³/mol. The summed E-state index contributed by atoms with van der Waals surface area (Å²) in [7, 11) is 0. The summed E-state index contributed by atoms with van der Waals surface area (Å²) in [5, 5.41) is 17.7. The number of hydrogen-bond donors (Lipinski definition) is 4. The molecular weight excluding hydrogens is 699 g/mol. The lowest BCUT2D eigenvalue weighted by molar-refractivity contribution is -0.139. The second-order valence-electron chi connectivity index (χ2n) is 13.0. The highest BCUT2D eigenvalue weighted by Gasteiger charge is 2.36. The molecule has 0 aromatic heterocycles. The highest BCUT2D eigenvalue weighted by molar-refractivity contribution is 8.00. The van der Waals surface area contributed by atoms with Gasteiger partial charge in [0, 0.05) is 37.6 Å². The van der Waals surface area contributed by atoms with Crippen LogP contribution in [-0.4, -0.2) is 60.5 Å². The Balaban J connectivity index is 0.935. The second kappa shape index (κ2) is 18.3. The first-order valence-corrected chi connectivity index (χ1v) is 19.0. The molecular formula is C44H43N3O6S. The van der Waals surface area contributed by atoms with Crippen LogP contribution in [0.1, 0.15) is 53.0 Å². The number of thioether (sulfide) groups is 1. The van der Waals surface area contributed by atoms with E-state index in [1.54, 1.807) is 11.8 Å². The first kappa shape index (κ1) is 37.9. The zero-order chi connectivity index (χ0) is 37.8.